The summed E-state index contributed by atoms with van der Waals surface area (Å²) in [7, 11) is -3.39. The number of esters is 1. The molecule has 28 heteroatoms. The van der Waals surface area contributed by atoms with Gasteiger partial charge in [-0.25, -0.2) is 4.79 Å². The molecule has 119 heavy (non-hydrogen) atoms. The quantitative estimate of drug-likeness (QED) is 0.0221. The summed E-state index contributed by atoms with van der Waals surface area (Å²) >= 11 is 0. The van der Waals surface area contributed by atoms with Crippen molar-refractivity contribution in [2.45, 2.75) is 443 Å². The van der Waals surface area contributed by atoms with E-state index in [-0.39, 0.29) is 67.7 Å². The summed E-state index contributed by atoms with van der Waals surface area (Å²) in [5.74, 6) is -3.45. The molecule has 4 aliphatic heterocycles. The van der Waals surface area contributed by atoms with Crippen molar-refractivity contribution in [2.75, 3.05) is 48.8 Å². The highest BCUT2D eigenvalue weighted by molar-refractivity contribution is 6.75. The third kappa shape index (κ3) is 29.0. The summed E-state index contributed by atoms with van der Waals surface area (Å²) in [5.41, 5.74) is 2.17. The molecule has 3 N–H and O–H groups in total. The van der Waals surface area contributed by atoms with Crippen molar-refractivity contribution in [2.24, 2.45) is 17.8 Å². The van der Waals surface area contributed by atoms with E-state index >= 15 is 0 Å². The number of nitriles is 1. The van der Waals surface area contributed by atoms with Crippen LogP contribution in [-0.4, -0.2) is 246 Å². The van der Waals surface area contributed by atoms with Gasteiger partial charge >= 0.3 is 5.97 Å². The topological polar surface area (TPSA) is 268 Å². The maximum absolute atomic E-state index is 13.0. The van der Waals surface area contributed by atoms with E-state index in [1.54, 1.807) is 34.3 Å². The van der Waals surface area contributed by atoms with E-state index in [1.807, 2.05) is 66.7 Å². The van der Waals surface area contributed by atoms with Crippen LogP contribution < -0.4 is 0 Å². The number of rotatable bonds is 52. The average molecular weight is 1770 g/mol. The summed E-state index contributed by atoms with van der Waals surface area (Å²) in [4.78, 5) is 12.6. The van der Waals surface area contributed by atoms with Crippen LogP contribution in [0.5, 0.6) is 0 Å². The Morgan fingerprint density at radius 3 is 1.68 bits per heavy atom. The molecule has 4 saturated heterocycles. The molecular formula is C91H171NO22Si5. The van der Waals surface area contributed by atoms with Gasteiger partial charge in [0.05, 0.1) is 85.5 Å². The first-order chi connectivity index (χ1) is 55.9. The van der Waals surface area contributed by atoms with Crippen molar-refractivity contribution in [1.82, 2.24) is 0 Å². The fourth-order valence-corrected chi connectivity index (χ4v) is 31.5. The van der Waals surface area contributed by atoms with Gasteiger partial charge in [0.15, 0.2) is 67.1 Å². The average Bonchev–Trinajstić information content (AvgIpc) is 0.707. The summed E-state index contributed by atoms with van der Waals surface area (Å²) in [6.07, 6.45) is 0.299. The van der Waals surface area contributed by atoms with E-state index < -0.39 is 169 Å². The minimum absolute atomic E-state index is 0.00576. The van der Waals surface area contributed by atoms with Gasteiger partial charge in [-0.2, -0.15) is 5.26 Å². The molecule has 0 spiro atoms. The van der Waals surface area contributed by atoms with E-state index in [1.165, 1.54) is 14.2 Å². The van der Waals surface area contributed by atoms with Gasteiger partial charge in [0, 0.05) is 84.6 Å². The van der Waals surface area contributed by atoms with Crippen molar-refractivity contribution >= 4 is 47.6 Å². The molecule has 0 radical (unpaired) electrons. The molecule has 25 atom stereocenters. The predicted octanol–water partition coefficient (Wildman–Crippen LogP) is 18.9. The van der Waals surface area contributed by atoms with Crippen molar-refractivity contribution in [1.29, 1.82) is 5.26 Å². The maximum atomic E-state index is 13.0. The maximum Gasteiger partial charge on any atom is 0.334 e. The molecule has 0 amide bonds. The Bertz CT molecular complexity index is 3140. The molecule has 4 heterocycles. The molecule has 23 nitrogen and oxygen atoms in total. The van der Waals surface area contributed by atoms with Gasteiger partial charge in [-0.3, -0.25) is 0 Å². The second kappa shape index (κ2) is 50.1. The van der Waals surface area contributed by atoms with Crippen molar-refractivity contribution in [3.63, 3.8) is 0 Å². The number of hydrogen-bond acceptors (Lipinski definition) is 23. The Morgan fingerprint density at radius 2 is 1.18 bits per heavy atom. The summed E-state index contributed by atoms with van der Waals surface area (Å²) < 4.78 is 123. The number of ether oxygens (including phenoxy) is 13. The number of nitrogens with zero attached hydrogens (tertiary/aromatic N) is 1. The SMILES string of the molecule is CC[Si](CC)(CC)O[C@H]1[C@H](O[Si](CC)(CC)CC)[C@H](O[C@H](/C=C/C(C)=C/CC[C@H](O)[C@H](C[C@H](O)[C@@H](O)[C@]2(OC)O[C@H](C[C@H](COC)O[C@H]3C[C@](C)(O[Si](CC)(CC)CC)[C@@H](O[C@H]4C[C@@H](OC)[C@H](O[Si](C)(C)C(C)(C)C)[C@@H](C)O4)[C@H](C)O3)[C@H](C)[C@H](O[Si](CC)(CC)CC)[C@H]2C)OC)[C@H](C)/C=C(C)/C=C(C)/C=C(\C)C(=O)OCC#N)O[C@@H](C)[C@@H]1OC. The number of carbonyl (C=O) groups excluding carboxylic acids is 1. The van der Waals surface area contributed by atoms with Gasteiger partial charge in [-0.05, 0) is 165 Å². The Labute approximate surface area is 727 Å². The second-order valence-corrected chi connectivity index (χ2v) is 60.3. The number of aliphatic hydroxyl groups is 3. The van der Waals surface area contributed by atoms with Crippen LogP contribution in [0.3, 0.4) is 0 Å². The van der Waals surface area contributed by atoms with Crippen molar-refractivity contribution in [3.05, 3.63) is 58.7 Å². The first kappa shape index (κ1) is 109. The first-order valence-corrected chi connectivity index (χ1v) is 58.6. The predicted molar refractivity (Wildman–Crippen MR) is 485 cm³/mol. The van der Waals surface area contributed by atoms with Crippen LogP contribution in [-0.2, 0) is 88.5 Å². The fourth-order valence-electron chi connectivity index (χ4n) is 18.3. The molecule has 0 bridgehead atoms. The number of hydrogen-bond donors (Lipinski definition) is 3. The van der Waals surface area contributed by atoms with Crippen LogP contribution in [0.4, 0.5) is 0 Å². The third-order valence-corrected chi connectivity index (χ3v) is 51.3. The molecule has 4 rings (SSSR count). The zero-order valence-electron chi connectivity index (χ0n) is 80.4. The van der Waals surface area contributed by atoms with Crippen LogP contribution in [0.25, 0.3) is 0 Å². The Morgan fingerprint density at radius 1 is 0.639 bits per heavy atom. The molecular weight excluding hydrogens is 1600 g/mol. The van der Waals surface area contributed by atoms with Crippen LogP contribution in [0, 0.1) is 29.1 Å². The van der Waals surface area contributed by atoms with Gasteiger partial charge in [-0.15, -0.1) is 0 Å². The van der Waals surface area contributed by atoms with Crippen molar-refractivity contribution in [3.8, 4) is 6.07 Å². The van der Waals surface area contributed by atoms with Crippen LogP contribution in [0.15, 0.2) is 58.7 Å². The number of allylic oxidation sites excluding steroid dienone is 7. The lowest BCUT2D eigenvalue weighted by Gasteiger charge is -2.55. The zero-order chi connectivity index (χ0) is 90.0. The highest BCUT2D eigenvalue weighted by Gasteiger charge is 2.61. The molecule has 0 saturated carbocycles. The van der Waals surface area contributed by atoms with E-state index in [4.69, 9.17) is 89.0 Å². The zero-order valence-corrected chi connectivity index (χ0v) is 85.4. The van der Waals surface area contributed by atoms with Gasteiger partial charge in [0.1, 0.15) is 36.6 Å². The first-order valence-electron chi connectivity index (χ1n) is 45.6. The second-order valence-electron chi connectivity index (χ2n) is 36.7. The molecule has 0 aromatic carbocycles. The van der Waals surface area contributed by atoms with Gasteiger partial charge < -0.3 is 99.0 Å². The third-order valence-electron chi connectivity index (χ3n) is 28.1. The lowest BCUT2D eigenvalue weighted by atomic mass is 9.76. The van der Waals surface area contributed by atoms with E-state index in [2.05, 4.69) is 156 Å². The number of aliphatic hydroxyl groups excluding tert-OH is 3. The molecule has 0 aromatic rings. The monoisotopic (exact) mass is 1770 g/mol. The van der Waals surface area contributed by atoms with Crippen LogP contribution in [0.1, 0.15) is 219 Å². The molecule has 4 fully saturated rings. The molecule has 0 aromatic heterocycles. The normalized spacial score (nSPS) is 30.9. The fraction of sp³-hybridized carbons (Fsp3) is 0.868. The van der Waals surface area contributed by atoms with Crippen LogP contribution in [0.2, 0.25) is 90.7 Å². The summed E-state index contributed by atoms with van der Waals surface area (Å²) in [6.45, 7) is 59.8. The van der Waals surface area contributed by atoms with Gasteiger partial charge in [0.2, 0.25) is 5.79 Å². The van der Waals surface area contributed by atoms with Gasteiger partial charge in [-0.1, -0.05) is 172 Å². The smallest absolute Gasteiger partial charge is 0.334 e. The molecule has 0 unspecified atom stereocenters. The minimum Gasteiger partial charge on any atom is -0.447 e. The molecule has 692 valence electrons. The van der Waals surface area contributed by atoms with E-state index in [0.717, 1.165) is 89.2 Å². The lowest BCUT2D eigenvalue weighted by molar-refractivity contribution is -0.372. The number of methoxy groups -OCH3 is 5. The van der Waals surface area contributed by atoms with Crippen molar-refractivity contribution < 1.29 is 104 Å². The minimum atomic E-state index is -2.38. The van der Waals surface area contributed by atoms with Crippen LogP contribution >= 0.6 is 0 Å². The summed E-state index contributed by atoms with van der Waals surface area (Å²) in [6, 6.07) is 12.8. The molecule has 0 aliphatic carbocycles. The lowest BCUT2D eigenvalue weighted by Crippen LogP contribution is -2.68. The summed E-state index contributed by atoms with van der Waals surface area (Å²) in [5, 5.41) is 46.7. The Kier molecular flexibility index (Phi) is 46.0. The Balaban J connectivity index is 1.72. The molecule has 4 aliphatic rings. The van der Waals surface area contributed by atoms with Gasteiger partial charge in [0.25, 0.3) is 0 Å². The standard InChI is InChI=1S/C91H171NO22Si5/c1-34-116(35-2,36-3)111-80-66(18)75(56-71(60-97-27)106-79-59-90(26,114-119(43-10,44-11)45-12)86(70(22)104-79)108-78-58-77(99-29)81(68(20)103-78)110-115(32,33)89(23,24)25)109-91(101-31,67(80)19)85(95)73(94)57-76(98-28)72(93)48-46-47-61(13)49-50-74(64(16)54-62(14)53-63(15)55-65(17)87(96)102-52-51-92)107-88-84(113-118(40-7,41-8)42-9)83(82(100-30)69(21)105-88)112-117(37-4,38-5)39-6/h47,49-50,53-55,64,66-86,88,93-95H,34-46,48,52,56-60H2,1-33H3/b50-49+,61-47+,62-54+,63-53+,65-55+/t64-,66+,67-,68-,69+,70+,71-,72+,73+,74-,75-,76+,77-,78+,79+,80+,81-,82+,83-,84+,85-,86+,88+,90+,91-/m1/s1. The largest absolute Gasteiger partial charge is 0.447 e. The van der Waals surface area contributed by atoms with E-state index in [0.29, 0.717) is 24.8 Å². The highest BCUT2D eigenvalue weighted by atomic mass is 28.4. The highest BCUT2D eigenvalue weighted by Crippen LogP contribution is 2.49. The van der Waals surface area contributed by atoms with E-state index in [9.17, 15) is 20.1 Å². The Hall–Kier alpha value is -2.06. The number of carbonyl (C=O) groups is 1.